The number of hydroxylamine groups is 1. The van der Waals surface area contributed by atoms with Gasteiger partial charge in [0.1, 0.15) is 17.6 Å². The lowest BCUT2D eigenvalue weighted by Crippen LogP contribution is -2.39. The number of aliphatic imine (C=N–C) groups is 1. The van der Waals surface area contributed by atoms with E-state index >= 15 is 0 Å². The zero-order valence-electron chi connectivity index (χ0n) is 14.3. The Morgan fingerprint density at radius 2 is 2.11 bits per heavy atom. The number of anilines is 1. The SMILES string of the molecule is ONC(=Nc1ccc(F)c(Br)c1)c1conc1NC(=S)NC1CCCCC1. The van der Waals surface area contributed by atoms with E-state index < -0.39 is 5.82 Å². The molecule has 0 atom stereocenters. The quantitative estimate of drug-likeness (QED) is 0.237. The molecular weight excluding hydrogens is 437 g/mol. The van der Waals surface area contributed by atoms with Crippen LogP contribution in [-0.2, 0) is 0 Å². The van der Waals surface area contributed by atoms with Crippen LogP contribution in [0.3, 0.4) is 0 Å². The minimum Gasteiger partial charge on any atom is -0.362 e. The van der Waals surface area contributed by atoms with E-state index in [9.17, 15) is 9.60 Å². The highest BCUT2D eigenvalue weighted by Crippen LogP contribution is 2.24. The van der Waals surface area contributed by atoms with Crippen molar-refractivity contribution in [3.05, 3.63) is 40.3 Å². The van der Waals surface area contributed by atoms with Gasteiger partial charge in [0.15, 0.2) is 16.8 Å². The number of nitrogens with one attached hydrogen (secondary N) is 3. The van der Waals surface area contributed by atoms with Crippen LogP contribution in [-0.4, -0.2) is 27.4 Å². The molecule has 1 aliphatic rings. The van der Waals surface area contributed by atoms with Crippen molar-refractivity contribution >= 4 is 50.6 Å². The number of nitrogens with zero attached hydrogens (tertiary/aromatic N) is 2. The molecule has 0 saturated heterocycles. The van der Waals surface area contributed by atoms with Crippen molar-refractivity contribution in [3.8, 4) is 0 Å². The Morgan fingerprint density at radius 3 is 2.81 bits per heavy atom. The number of hydrogen-bond donors (Lipinski definition) is 4. The molecule has 0 spiro atoms. The second-order valence-electron chi connectivity index (χ2n) is 6.18. The van der Waals surface area contributed by atoms with E-state index in [1.165, 1.54) is 43.7 Å². The van der Waals surface area contributed by atoms with Gasteiger partial charge in [-0.1, -0.05) is 24.4 Å². The highest BCUT2D eigenvalue weighted by atomic mass is 79.9. The van der Waals surface area contributed by atoms with Crippen molar-refractivity contribution in [3.63, 3.8) is 0 Å². The van der Waals surface area contributed by atoms with Crippen molar-refractivity contribution in [2.75, 3.05) is 5.32 Å². The Balaban J connectivity index is 1.74. The van der Waals surface area contributed by atoms with Crippen molar-refractivity contribution in [1.29, 1.82) is 0 Å². The van der Waals surface area contributed by atoms with Gasteiger partial charge in [0.25, 0.3) is 0 Å². The zero-order valence-corrected chi connectivity index (χ0v) is 16.7. The molecule has 144 valence electrons. The summed E-state index contributed by atoms with van der Waals surface area (Å²) in [6.07, 6.45) is 7.12. The van der Waals surface area contributed by atoms with Gasteiger partial charge in [-0.15, -0.1) is 0 Å². The zero-order chi connectivity index (χ0) is 19.2. The van der Waals surface area contributed by atoms with Gasteiger partial charge in [-0.05, 0) is 59.2 Å². The van der Waals surface area contributed by atoms with E-state index in [1.54, 1.807) is 0 Å². The molecule has 0 radical (unpaired) electrons. The van der Waals surface area contributed by atoms with Crippen LogP contribution in [0.5, 0.6) is 0 Å². The number of hydrogen-bond acceptors (Lipinski definition) is 5. The molecule has 1 aliphatic carbocycles. The number of thiocarbonyl (C=S) groups is 1. The van der Waals surface area contributed by atoms with Gasteiger partial charge in [0.05, 0.1) is 10.2 Å². The molecule has 4 N–H and O–H groups in total. The number of aromatic nitrogens is 1. The lowest BCUT2D eigenvalue weighted by molar-refractivity contribution is 0.235. The molecule has 7 nitrogen and oxygen atoms in total. The predicted molar refractivity (Wildman–Crippen MR) is 108 cm³/mol. The summed E-state index contributed by atoms with van der Waals surface area (Å²) in [6.45, 7) is 0. The Hall–Kier alpha value is -2.04. The standard InChI is InChI=1S/C17H19BrFN5O2S/c18-13-8-11(6-7-14(13)19)20-15(23-25)12-9-26-24-16(12)22-17(27)21-10-4-2-1-3-5-10/h6-10,25H,1-5H2,(H,20,23)(H2,21,22,24,27). The molecule has 3 rings (SSSR count). The van der Waals surface area contributed by atoms with Crippen molar-refractivity contribution < 1.29 is 14.1 Å². The smallest absolute Gasteiger partial charge is 0.186 e. The van der Waals surface area contributed by atoms with Crippen molar-refractivity contribution in [1.82, 2.24) is 16.0 Å². The average Bonchev–Trinajstić information content (AvgIpc) is 3.11. The first-order chi connectivity index (χ1) is 13.1. The Kier molecular flexibility index (Phi) is 6.75. The summed E-state index contributed by atoms with van der Waals surface area (Å²) in [5, 5.41) is 20.0. The maximum atomic E-state index is 13.4. The summed E-state index contributed by atoms with van der Waals surface area (Å²) < 4.78 is 18.6. The third kappa shape index (κ3) is 5.24. The third-order valence-electron chi connectivity index (χ3n) is 4.25. The fourth-order valence-corrected chi connectivity index (χ4v) is 3.53. The molecular formula is C17H19BrFN5O2S. The Morgan fingerprint density at radius 1 is 1.33 bits per heavy atom. The second-order valence-corrected chi connectivity index (χ2v) is 7.44. The fourth-order valence-electron chi connectivity index (χ4n) is 2.90. The summed E-state index contributed by atoms with van der Waals surface area (Å²) in [5.41, 5.74) is 2.83. The highest BCUT2D eigenvalue weighted by molar-refractivity contribution is 9.10. The van der Waals surface area contributed by atoms with Gasteiger partial charge in [0.2, 0.25) is 0 Å². The molecule has 27 heavy (non-hydrogen) atoms. The molecule has 0 unspecified atom stereocenters. The monoisotopic (exact) mass is 455 g/mol. The maximum Gasteiger partial charge on any atom is 0.186 e. The second kappa shape index (κ2) is 9.25. The van der Waals surface area contributed by atoms with Crippen LogP contribution in [0, 0.1) is 5.82 Å². The Labute approximate surface area is 169 Å². The molecule has 10 heteroatoms. The molecule has 0 aliphatic heterocycles. The summed E-state index contributed by atoms with van der Waals surface area (Å²) in [6, 6.07) is 4.58. The van der Waals surface area contributed by atoms with E-state index in [-0.39, 0.29) is 10.3 Å². The molecule has 1 fully saturated rings. The normalized spacial score (nSPS) is 15.4. The lowest BCUT2D eigenvalue weighted by Gasteiger charge is -2.24. The van der Waals surface area contributed by atoms with E-state index in [0.717, 1.165) is 12.8 Å². The van der Waals surface area contributed by atoms with Crippen LogP contribution < -0.4 is 16.1 Å². The summed E-state index contributed by atoms with van der Waals surface area (Å²) >= 11 is 8.46. The molecule has 1 heterocycles. The van der Waals surface area contributed by atoms with Gasteiger partial charge in [-0.2, -0.15) is 0 Å². The van der Waals surface area contributed by atoms with Crippen molar-refractivity contribution in [2.24, 2.45) is 4.99 Å². The summed E-state index contributed by atoms with van der Waals surface area (Å²) in [4.78, 5) is 4.26. The number of rotatable bonds is 4. The van der Waals surface area contributed by atoms with Gasteiger partial charge >= 0.3 is 0 Å². The minimum absolute atomic E-state index is 0.0812. The van der Waals surface area contributed by atoms with Crippen LogP contribution in [0.1, 0.15) is 37.7 Å². The van der Waals surface area contributed by atoms with Crippen LogP contribution >= 0.6 is 28.1 Å². The van der Waals surface area contributed by atoms with E-state index in [0.29, 0.717) is 28.2 Å². The fraction of sp³-hybridized carbons (Fsp3) is 0.353. The lowest BCUT2D eigenvalue weighted by atomic mass is 9.96. The number of benzene rings is 1. The number of halogens is 2. The minimum atomic E-state index is -0.404. The summed E-state index contributed by atoms with van der Waals surface area (Å²) in [7, 11) is 0. The largest absolute Gasteiger partial charge is 0.362 e. The highest BCUT2D eigenvalue weighted by Gasteiger charge is 2.18. The molecule has 1 aromatic heterocycles. The van der Waals surface area contributed by atoms with E-state index in [2.05, 4.69) is 36.7 Å². The molecule has 2 aromatic rings. The molecule has 0 amide bonds. The van der Waals surface area contributed by atoms with Gasteiger partial charge in [0, 0.05) is 6.04 Å². The molecule has 1 saturated carbocycles. The molecule has 0 bridgehead atoms. The first-order valence-corrected chi connectivity index (χ1v) is 9.73. The van der Waals surface area contributed by atoms with Crippen LogP contribution in [0.2, 0.25) is 0 Å². The van der Waals surface area contributed by atoms with Crippen LogP contribution in [0.15, 0.2) is 38.5 Å². The van der Waals surface area contributed by atoms with Crippen molar-refractivity contribution in [2.45, 2.75) is 38.1 Å². The summed E-state index contributed by atoms with van der Waals surface area (Å²) in [5.74, 6) is -0.0126. The molecule has 1 aromatic carbocycles. The Bertz CT molecular complexity index is 838. The maximum absolute atomic E-state index is 13.4. The van der Waals surface area contributed by atoms with E-state index in [4.69, 9.17) is 16.7 Å². The van der Waals surface area contributed by atoms with Gasteiger partial charge < -0.3 is 15.2 Å². The topological polar surface area (TPSA) is 94.7 Å². The van der Waals surface area contributed by atoms with Crippen LogP contribution in [0.4, 0.5) is 15.9 Å². The first-order valence-electron chi connectivity index (χ1n) is 8.53. The van der Waals surface area contributed by atoms with Gasteiger partial charge in [-0.3, -0.25) is 10.7 Å². The number of amidine groups is 1. The average molecular weight is 456 g/mol. The third-order valence-corrected chi connectivity index (χ3v) is 5.07. The van der Waals surface area contributed by atoms with Gasteiger partial charge in [-0.25, -0.2) is 9.38 Å². The van der Waals surface area contributed by atoms with Crippen LogP contribution in [0.25, 0.3) is 0 Å². The van der Waals surface area contributed by atoms with E-state index in [1.807, 2.05) is 5.48 Å². The first kappa shape index (κ1) is 19.7. The predicted octanol–water partition coefficient (Wildman–Crippen LogP) is 4.25.